The average molecular weight is 492 g/mol. The van der Waals surface area contributed by atoms with Crippen molar-refractivity contribution in [3.63, 3.8) is 0 Å². The molecule has 0 spiro atoms. The molecule has 1 saturated carbocycles. The highest BCUT2D eigenvalue weighted by Crippen LogP contribution is 2.48. The molecule has 0 saturated heterocycles. The van der Waals surface area contributed by atoms with Crippen molar-refractivity contribution in [1.29, 1.82) is 0 Å². The largest absolute Gasteiger partial charge is 0.424 e. The van der Waals surface area contributed by atoms with Crippen LogP contribution in [-0.2, 0) is 15.7 Å². The second-order valence-electron chi connectivity index (χ2n) is 9.54. The predicted octanol–water partition coefficient (Wildman–Crippen LogP) is 4.86. The number of benzene rings is 1. The predicted molar refractivity (Wildman–Crippen MR) is 133 cm³/mol. The number of amides is 1. The second kappa shape index (κ2) is 8.62. The fourth-order valence-corrected chi connectivity index (χ4v) is 4.50. The standard InChI is InChI=1S/C26H26ClN5O3/c1-15(34)32-25(2,3)21-9-8-18(13-28-21)35-24-29-20-12-19(27)22(30-23(20)31-24)16-4-6-17(7-5-16)26(14-33)10-11-26/h4-9,12-13,33H,10-11,14H2,1-3H3,(H,32,34)(H,29,30,31). The van der Waals surface area contributed by atoms with E-state index in [0.717, 1.165) is 24.0 Å². The van der Waals surface area contributed by atoms with Crippen LogP contribution >= 0.6 is 11.6 Å². The maximum Gasteiger partial charge on any atom is 0.301 e. The first-order valence-electron chi connectivity index (χ1n) is 11.4. The summed E-state index contributed by atoms with van der Waals surface area (Å²) < 4.78 is 5.85. The number of hydrogen-bond acceptors (Lipinski definition) is 6. The molecule has 0 aliphatic heterocycles. The van der Waals surface area contributed by atoms with Gasteiger partial charge in [-0.2, -0.15) is 4.98 Å². The monoisotopic (exact) mass is 491 g/mol. The number of nitrogens with zero attached hydrogens (tertiary/aromatic N) is 3. The molecule has 35 heavy (non-hydrogen) atoms. The van der Waals surface area contributed by atoms with Crippen molar-refractivity contribution >= 4 is 28.7 Å². The van der Waals surface area contributed by atoms with Crippen molar-refractivity contribution in [3.05, 3.63) is 64.9 Å². The molecule has 0 atom stereocenters. The van der Waals surface area contributed by atoms with Crippen molar-refractivity contribution < 1.29 is 14.6 Å². The van der Waals surface area contributed by atoms with Gasteiger partial charge in [-0.25, -0.2) is 4.98 Å². The zero-order valence-electron chi connectivity index (χ0n) is 19.7. The summed E-state index contributed by atoms with van der Waals surface area (Å²) in [6.07, 6.45) is 3.60. The van der Waals surface area contributed by atoms with Gasteiger partial charge in [0, 0.05) is 17.9 Å². The number of ether oxygens (including phenoxy) is 1. The molecule has 1 aliphatic carbocycles. The Balaban J connectivity index is 1.36. The van der Waals surface area contributed by atoms with Crippen molar-refractivity contribution in [2.75, 3.05) is 6.61 Å². The van der Waals surface area contributed by atoms with E-state index in [4.69, 9.17) is 16.3 Å². The first-order chi connectivity index (χ1) is 16.7. The SMILES string of the molecule is CC(=O)NC(C)(C)c1ccc(Oc2nc3nc(-c4ccc(C5(CO)CC5)cc4)c(Cl)cc3[nH]2)cn1. The Morgan fingerprint density at radius 2 is 1.94 bits per heavy atom. The van der Waals surface area contributed by atoms with E-state index in [1.54, 1.807) is 24.4 Å². The van der Waals surface area contributed by atoms with Crippen LogP contribution in [0.3, 0.4) is 0 Å². The van der Waals surface area contributed by atoms with Gasteiger partial charge in [0.1, 0.15) is 5.75 Å². The smallest absolute Gasteiger partial charge is 0.301 e. The minimum Gasteiger partial charge on any atom is -0.424 e. The number of aromatic amines is 1. The van der Waals surface area contributed by atoms with Crippen LogP contribution in [0, 0.1) is 0 Å². The van der Waals surface area contributed by atoms with E-state index in [1.807, 2.05) is 38.1 Å². The Morgan fingerprint density at radius 3 is 2.54 bits per heavy atom. The van der Waals surface area contributed by atoms with Gasteiger partial charge in [-0.1, -0.05) is 35.9 Å². The number of H-pyrrole nitrogens is 1. The number of aliphatic hydroxyl groups is 1. The number of fused-ring (bicyclic) bond motifs is 1. The van der Waals surface area contributed by atoms with Crippen molar-refractivity contribution in [3.8, 4) is 23.0 Å². The molecule has 3 heterocycles. The van der Waals surface area contributed by atoms with Gasteiger partial charge in [-0.15, -0.1) is 0 Å². The van der Waals surface area contributed by atoms with Crippen molar-refractivity contribution in [2.24, 2.45) is 0 Å². The highest BCUT2D eigenvalue weighted by Gasteiger charge is 2.43. The minimum absolute atomic E-state index is 0.0824. The van der Waals surface area contributed by atoms with Crippen molar-refractivity contribution in [2.45, 2.75) is 44.6 Å². The number of rotatable bonds is 7. The van der Waals surface area contributed by atoms with Gasteiger partial charge in [0.25, 0.3) is 0 Å². The van der Waals surface area contributed by atoms with Gasteiger partial charge in [-0.3, -0.25) is 9.78 Å². The molecule has 5 rings (SSSR count). The summed E-state index contributed by atoms with van der Waals surface area (Å²) in [7, 11) is 0. The van der Waals surface area contributed by atoms with E-state index in [0.29, 0.717) is 33.3 Å². The summed E-state index contributed by atoms with van der Waals surface area (Å²) >= 11 is 6.54. The molecule has 4 aromatic rings. The van der Waals surface area contributed by atoms with Crippen LogP contribution in [0.1, 0.15) is 44.9 Å². The zero-order valence-corrected chi connectivity index (χ0v) is 20.5. The molecule has 0 radical (unpaired) electrons. The van der Waals surface area contributed by atoms with E-state index < -0.39 is 5.54 Å². The topological polar surface area (TPSA) is 113 Å². The van der Waals surface area contributed by atoms with Crippen LogP contribution in [-0.4, -0.2) is 37.6 Å². The maximum absolute atomic E-state index is 11.4. The summed E-state index contributed by atoms with van der Waals surface area (Å²) in [4.78, 5) is 28.1. The number of carbonyl (C=O) groups is 1. The summed E-state index contributed by atoms with van der Waals surface area (Å²) in [5.41, 5.74) is 3.80. The fraction of sp³-hybridized carbons (Fsp3) is 0.308. The third-order valence-corrected chi connectivity index (χ3v) is 6.70. The van der Waals surface area contributed by atoms with E-state index in [-0.39, 0.29) is 23.9 Å². The number of halogens is 1. The maximum atomic E-state index is 11.4. The number of imidazole rings is 1. The van der Waals surface area contributed by atoms with Crippen LogP contribution in [0.5, 0.6) is 11.8 Å². The highest BCUT2D eigenvalue weighted by atomic mass is 35.5. The average Bonchev–Trinajstić information content (AvgIpc) is 3.53. The Bertz CT molecular complexity index is 1390. The third kappa shape index (κ3) is 4.59. The van der Waals surface area contributed by atoms with E-state index in [9.17, 15) is 9.90 Å². The van der Waals surface area contributed by atoms with Crippen LogP contribution in [0.25, 0.3) is 22.4 Å². The van der Waals surface area contributed by atoms with Crippen LogP contribution in [0.2, 0.25) is 5.02 Å². The lowest BCUT2D eigenvalue weighted by molar-refractivity contribution is -0.120. The van der Waals surface area contributed by atoms with Gasteiger partial charge < -0.3 is 20.1 Å². The fourth-order valence-electron chi connectivity index (χ4n) is 4.24. The Labute approximate surface area is 207 Å². The summed E-state index contributed by atoms with van der Waals surface area (Å²) in [5, 5.41) is 13.0. The lowest BCUT2D eigenvalue weighted by Crippen LogP contribution is -2.40. The first kappa shape index (κ1) is 23.3. The molecular formula is C26H26ClN5O3. The molecule has 8 nitrogen and oxygen atoms in total. The molecule has 1 amide bonds. The molecule has 1 aliphatic rings. The summed E-state index contributed by atoms with van der Waals surface area (Å²) in [5.74, 6) is 0.365. The molecule has 180 valence electrons. The summed E-state index contributed by atoms with van der Waals surface area (Å²) in [6, 6.07) is 13.6. The molecule has 0 unspecified atom stereocenters. The van der Waals surface area contributed by atoms with E-state index in [2.05, 4.69) is 25.3 Å². The third-order valence-electron chi connectivity index (χ3n) is 6.41. The normalized spacial score (nSPS) is 14.7. The molecule has 1 fully saturated rings. The van der Waals surface area contributed by atoms with Crippen molar-refractivity contribution in [1.82, 2.24) is 25.3 Å². The Hall–Kier alpha value is -3.49. The number of carbonyl (C=O) groups excluding carboxylic acids is 1. The zero-order chi connectivity index (χ0) is 24.8. The quantitative estimate of drug-likeness (QED) is 0.340. The molecule has 0 bridgehead atoms. The number of hydrogen-bond donors (Lipinski definition) is 3. The Morgan fingerprint density at radius 1 is 1.20 bits per heavy atom. The molecule has 1 aromatic carbocycles. The lowest BCUT2D eigenvalue weighted by atomic mass is 9.95. The van der Waals surface area contributed by atoms with Gasteiger partial charge in [0.15, 0.2) is 5.65 Å². The Kier molecular flexibility index (Phi) is 5.73. The van der Waals surface area contributed by atoms with Gasteiger partial charge >= 0.3 is 6.01 Å². The number of aromatic nitrogens is 4. The molecular weight excluding hydrogens is 466 g/mol. The number of pyridine rings is 2. The van der Waals surface area contributed by atoms with E-state index >= 15 is 0 Å². The number of aliphatic hydroxyl groups excluding tert-OH is 1. The van der Waals surface area contributed by atoms with Crippen LogP contribution in [0.15, 0.2) is 48.7 Å². The molecule has 3 aromatic heterocycles. The molecule has 9 heteroatoms. The summed E-state index contributed by atoms with van der Waals surface area (Å²) in [6.45, 7) is 5.40. The van der Waals surface area contributed by atoms with Gasteiger partial charge in [-0.05, 0) is 50.5 Å². The number of nitrogens with one attached hydrogen (secondary N) is 2. The van der Waals surface area contributed by atoms with Crippen LogP contribution < -0.4 is 10.1 Å². The highest BCUT2D eigenvalue weighted by molar-refractivity contribution is 6.33. The minimum atomic E-state index is -0.601. The van der Waals surface area contributed by atoms with Gasteiger partial charge in [0.2, 0.25) is 5.91 Å². The van der Waals surface area contributed by atoms with E-state index in [1.165, 1.54) is 6.92 Å². The lowest BCUT2D eigenvalue weighted by Gasteiger charge is -2.24. The van der Waals surface area contributed by atoms with Gasteiger partial charge in [0.05, 0.1) is 40.3 Å². The molecule has 3 N–H and O–H groups in total. The second-order valence-corrected chi connectivity index (χ2v) is 9.94. The van der Waals surface area contributed by atoms with Crippen LogP contribution in [0.4, 0.5) is 0 Å². The first-order valence-corrected chi connectivity index (χ1v) is 11.8.